The van der Waals surface area contributed by atoms with E-state index in [1.165, 1.54) is 6.92 Å². The van der Waals surface area contributed by atoms with Crippen molar-refractivity contribution in [1.29, 1.82) is 0 Å². The Morgan fingerprint density at radius 1 is 1.18 bits per heavy atom. The smallest absolute Gasteiger partial charge is 0.302 e. The van der Waals surface area contributed by atoms with Crippen LogP contribution in [0.1, 0.15) is 47.0 Å². The third kappa shape index (κ3) is 4.10. The lowest BCUT2D eigenvalue weighted by Gasteiger charge is -2.38. The number of hydrogen-bond donors (Lipinski definition) is 0. The summed E-state index contributed by atoms with van der Waals surface area (Å²) >= 11 is 0. The molecule has 1 aliphatic carbocycles. The lowest BCUT2D eigenvalue weighted by Crippen LogP contribution is -2.43. The normalized spacial score (nSPS) is 26.0. The second kappa shape index (κ2) is 5.10. The highest BCUT2D eigenvalue weighted by atomic mass is 28.4. The standard InChI is InChI=1S/C13H26O3Si/c1-10(14)15-11-7-8-12(9-11)16-17(5,6)13(2,3)4/h11-12H,7-9H2,1-6H3/t11-,12?/m1/s1. The molecule has 0 aromatic carbocycles. The average Bonchev–Trinajstić information content (AvgIpc) is 2.48. The van der Waals surface area contributed by atoms with E-state index in [0.29, 0.717) is 0 Å². The molecule has 1 rings (SSSR count). The molecule has 0 radical (unpaired) electrons. The molecule has 3 nitrogen and oxygen atoms in total. The van der Waals surface area contributed by atoms with Crippen LogP contribution in [0.15, 0.2) is 0 Å². The van der Waals surface area contributed by atoms with E-state index in [9.17, 15) is 4.79 Å². The zero-order chi connectivity index (χ0) is 13.3. The predicted molar refractivity (Wildman–Crippen MR) is 71.5 cm³/mol. The lowest BCUT2D eigenvalue weighted by atomic mass is 10.2. The SMILES string of the molecule is CC(=O)O[C@@H]1CCC(O[Si](C)(C)C(C)(C)C)C1. The van der Waals surface area contributed by atoms with Gasteiger partial charge in [-0.3, -0.25) is 4.79 Å². The summed E-state index contributed by atoms with van der Waals surface area (Å²) in [4.78, 5) is 10.9. The van der Waals surface area contributed by atoms with E-state index in [1.54, 1.807) is 0 Å². The van der Waals surface area contributed by atoms with E-state index >= 15 is 0 Å². The summed E-state index contributed by atoms with van der Waals surface area (Å²) in [6.45, 7) is 12.8. The molecular weight excluding hydrogens is 232 g/mol. The Kier molecular flexibility index (Phi) is 4.41. The van der Waals surface area contributed by atoms with Crippen molar-refractivity contribution in [2.45, 2.75) is 77.3 Å². The molecule has 1 fully saturated rings. The molecule has 17 heavy (non-hydrogen) atoms. The van der Waals surface area contributed by atoms with Crippen molar-refractivity contribution in [3.05, 3.63) is 0 Å². The van der Waals surface area contributed by atoms with Gasteiger partial charge in [0.1, 0.15) is 6.10 Å². The molecule has 0 bridgehead atoms. The van der Waals surface area contributed by atoms with Gasteiger partial charge in [0.05, 0.1) is 0 Å². The van der Waals surface area contributed by atoms with E-state index < -0.39 is 8.32 Å². The molecule has 0 N–H and O–H groups in total. The molecule has 1 unspecified atom stereocenters. The van der Waals surface area contributed by atoms with E-state index in [0.717, 1.165) is 19.3 Å². The van der Waals surface area contributed by atoms with Crippen molar-refractivity contribution in [1.82, 2.24) is 0 Å². The second-order valence-electron chi connectivity index (χ2n) is 6.54. The van der Waals surface area contributed by atoms with Crippen LogP contribution in [0.2, 0.25) is 18.1 Å². The first-order valence-electron chi connectivity index (χ1n) is 6.47. The minimum atomic E-state index is -1.68. The molecule has 0 spiro atoms. The van der Waals surface area contributed by atoms with Crippen LogP contribution in [0.4, 0.5) is 0 Å². The molecule has 1 aliphatic rings. The predicted octanol–water partition coefficient (Wildman–Crippen LogP) is 3.49. The van der Waals surface area contributed by atoms with Crippen molar-refractivity contribution in [2.24, 2.45) is 0 Å². The van der Waals surface area contributed by atoms with Crippen LogP contribution in [0.25, 0.3) is 0 Å². The van der Waals surface area contributed by atoms with Crippen LogP contribution in [-0.2, 0) is 14.0 Å². The van der Waals surface area contributed by atoms with Crippen LogP contribution < -0.4 is 0 Å². The second-order valence-corrected chi connectivity index (χ2v) is 11.3. The Bertz CT molecular complexity index is 281. The molecular formula is C13H26O3Si. The van der Waals surface area contributed by atoms with Gasteiger partial charge in [-0.25, -0.2) is 0 Å². The first kappa shape index (κ1) is 14.7. The number of carbonyl (C=O) groups excluding carboxylic acids is 1. The summed E-state index contributed by atoms with van der Waals surface area (Å²) in [5.74, 6) is -0.178. The van der Waals surface area contributed by atoms with E-state index in [4.69, 9.17) is 9.16 Å². The molecule has 0 amide bonds. The van der Waals surface area contributed by atoms with Crippen LogP contribution in [-0.4, -0.2) is 26.5 Å². The summed E-state index contributed by atoms with van der Waals surface area (Å²) in [7, 11) is -1.68. The average molecular weight is 258 g/mol. The molecule has 0 saturated heterocycles. The van der Waals surface area contributed by atoms with Crippen molar-refractivity contribution in [3.63, 3.8) is 0 Å². The van der Waals surface area contributed by atoms with Gasteiger partial charge < -0.3 is 9.16 Å². The van der Waals surface area contributed by atoms with E-state index in [-0.39, 0.29) is 23.2 Å². The molecule has 100 valence electrons. The topological polar surface area (TPSA) is 35.5 Å². The van der Waals surface area contributed by atoms with Crippen molar-refractivity contribution < 1.29 is 14.0 Å². The fourth-order valence-electron chi connectivity index (χ4n) is 1.94. The summed E-state index contributed by atoms with van der Waals surface area (Å²) in [5.41, 5.74) is 0. The zero-order valence-electron chi connectivity index (χ0n) is 12.0. The highest BCUT2D eigenvalue weighted by Crippen LogP contribution is 2.39. The first-order valence-corrected chi connectivity index (χ1v) is 9.38. The minimum Gasteiger partial charge on any atom is -0.462 e. The third-order valence-electron chi connectivity index (χ3n) is 3.94. The maximum atomic E-state index is 10.9. The molecule has 1 saturated carbocycles. The van der Waals surface area contributed by atoms with Crippen molar-refractivity contribution in [2.75, 3.05) is 0 Å². The largest absolute Gasteiger partial charge is 0.462 e. The van der Waals surface area contributed by atoms with E-state index in [1.807, 2.05) is 0 Å². The Morgan fingerprint density at radius 3 is 2.18 bits per heavy atom. The molecule has 0 aromatic rings. The van der Waals surface area contributed by atoms with Gasteiger partial charge in [-0.1, -0.05) is 20.8 Å². The van der Waals surface area contributed by atoms with Gasteiger partial charge >= 0.3 is 5.97 Å². The monoisotopic (exact) mass is 258 g/mol. The Balaban J connectivity index is 2.48. The fraction of sp³-hybridized carbons (Fsp3) is 0.923. The van der Waals surface area contributed by atoms with Gasteiger partial charge in [0.25, 0.3) is 0 Å². The summed E-state index contributed by atoms with van der Waals surface area (Å²) in [5, 5.41) is 0.243. The van der Waals surface area contributed by atoms with Gasteiger partial charge in [0.2, 0.25) is 0 Å². The van der Waals surface area contributed by atoms with Gasteiger partial charge in [0, 0.05) is 19.4 Å². The van der Waals surface area contributed by atoms with Crippen LogP contribution in [0, 0.1) is 0 Å². The van der Waals surface area contributed by atoms with Gasteiger partial charge in [0.15, 0.2) is 8.32 Å². The van der Waals surface area contributed by atoms with Crippen molar-refractivity contribution >= 4 is 14.3 Å². The quantitative estimate of drug-likeness (QED) is 0.574. The van der Waals surface area contributed by atoms with Crippen LogP contribution >= 0.6 is 0 Å². The third-order valence-corrected chi connectivity index (χ3v) is 8.47. The zero-order valence-corrected chi connectivity index (χ0v) is 13.0. The van der Waals surface area contributed by atoms with Gasteiger partial charge in [-0.05, 0) is 31.0 Å². The maximum Gasteiger partial charge on any atom is 0.302 e. The maximum absolute atomic E-state index is 10.9. The lowest BCUT2D eigenvalue weighted by molar-refractivity contribution is -0.146. The molecule has 0 heterocycles. The minimum absolute atomic E-state index is 0.0715. The summed E-state index contributed by atoms with van der Waals surface area (Å²) in [6, 6.07) is 0. The highest BCUT2D eigenvalue weighted by Gasteiger charge is 2.41. The number of rotatable bonds is 3. The molecule has 4 heteroatoms. The molecule has 2 atom stereocenters. The van der Waals surface area contributed by atoms with Crippen LogP contribution in [0.3, 0.4) is 0 Å². The number of carbonyl (C=O) groups is 1. The number of ether oxygens (including phenoxy) is 1. The van der Waals surface area contributed by atoms with Crippen LogP contribution in [0.5, 0.6) is 0 Å². The van der Waals surface area contributed by atoms with E-state index in [2.05, 4.69) is 33.9 Å². The van der Waals surface area contributed by atoms with Gasteiger partial charge in [-0.15, -0.1) is 0 Å². The molecule has 0 aliphatic heterocycles. The summed E-state index contributed by atoms with van der Waals surface area (Å²) < 4.78 is 11.6. The Morgan fingerprint density at radius 2 is 1.71 bits per heavy atom. The van der Waals surface area contributed by atoms with Gasteiger partial charge in [-0.2, -0.15) is 0 Å². The van der Waals surface area contributed by atoms with Crippen molar-refractivity contribution in [3.8, 4) is 0 Å². The fourth-order valence-corrected chi connectivity index (χ4v) is 3.34. The Hall–Kier alpha value is -0.353. The molecule has 0 aromatic heterocycles. The summed E-state index contributed by atoms with van der Waals surface area (Å²) in [6.07, 6.45) is 3.18. The first-order chi connectivity index (χ1) is 7.62. The highest BCUT2D eigenvalue weighted by molar-refractivity contribution is 6.74. The number of esters is 1. The Labute approximate surface area is 106 Å². The number of hydrogen-bond acceptors (Lipinski definition) is 3.